The fourth-order valence-corrected chi connectivity index (χ4v) is 4.86. The van der Waals surface area contributed by atoms with E-state index in [1.54, 1.807) is 18.4 Å². The topological polar surface area (TPSA) is 90.0 Å². The van der Waals surface area contributed by atoms with Gasteiger partial charge in [-0.2, -0.15) is 0 Å². The molecule has 0 saturated carbocycles. The van der Waals surface area contributed by atoms with Gasteiger partial charge >= 0.3 is 11.9 Å². The quantitative estimate of drug-likeness (QED) is 0.563. The van der Waals surface area contributed by atoms with Crippen molar-refractivity contribution in [1.82, 2.24) is 0 Å². The number of anilines is 1. The van der Waals surface area contributed by atoms with E-state index in [0.717, 1.165) is 6.26 Å². The van der Waals surface area contributed by atoms with Crippen LogP contribution in [-0.4, -0.2) is 40.8 Å². The van der Waals surface area contributed by atoms with E-state index in [1.165, 1.54) is 37.3 Å². The molecule has 0 aromatic heterocycles. The summed E-state index contributed by atoms with van der Waals surface area (Å²) in [6.45, 7) is 0. The molecule has 1 aromatic carbocycles. The van der Waals surface area contributed by atoms with Gasteiger partial charge in [0.1, 0.15) is 5.70 Å². The van der Waals surface area contributed by atoms with Crippen molar-refractivity contribution >= 4 is 59.3 Å². The molecule has 2 rings (SSSR count). The molecule has 0 N–H and O–H groups in total. The molecule has 0 aliphatic carbocycles. The normalized spacial score (nSPS) is 14.2. The van der Waals surface area contributed by atoms with Crippen molar-refractivity contribution in [3.05, 3.63) is 56.8 Å². The van der Waals surface area contributed by atoms with E-state index in [1.807, 2.05) is 0 Å². The fraction of sp³-hybridized carbons (Fsp3) is 0.176. The van der Waals surface area contributed by atoms with Crippen LogP contribution in [0.25, 0.3) is 0 Å². The lowest BCUT2D eigenvalue weighted by Crippen LogP contribution is -2.27. The number of carbonyl (C=O) groups is 2. The second-order valence-electron chi connectivity index (χ2n) is 5.32. The Labute approximate surface area is 173 Å². The Bertz CT molecular complexity index is 972. The Kier molecular flexibility index (Phi) is 6.66. The molecule has 0 atom stereocenters. The molecule has 144 valence electrons. The molecule has 1 aromatic rings. The third kappa shape index (κ3) is 4.50. The standard InChI is InChI=1S/C17H15Br2NO6S/c1-25-16(21)11-6-4-5-7-20(14(11)17(22)26-2)15-12(18)8-10(9-13(15)19)27(3,23)24/h4-9H,1-3H3. The molecule has 0 unspecified atom stereocenters. The highest BCUT2D eigenvalue weighted by atomic mass is 79.9. The zero-order valence-corrected chi connectivity index (χ0v) is 18.5. The Morgan fingerprint density at radius 1 is 1.00 bits per heavy atom. The molecule has 0 saturated heterocycles. The van der Waals surface area contributed by atoms with Crippen LogP contribution in [0.4, 0.5) is 5.69 Å². The summed E-state index contributed by atoms with van der Waals surface area (Å²) in [5, 5.41) is 0. The van der Waals surface area contributed by atoms with Gasteiger partial charge in [-0.25, -0.2) is 18.0 Å². The van der Waals surface area contributed by atoms with Crippen LogP contribution in [0.2, 0.25) is 0 Å². The van der Waals surface area contributed by atoms with Crippen LogP contribution >= 0.6 is 31.9 Å². The lowest BCUT2D eigenvalue weighted by atomic mass is 10.1. The second-order valence-corrected chi connectivity index (χ2v) is 9.05. The lowest BCUT2D eigenvalue weighted by Gasteiger charge is -2.25. The van der Waals surface area contributed by atoms with Gasteiger partial charge in [-0.05, 0) is 56.1 Å². The van der Waals surface area contributed by atoms with Gasteiger partial charge in [0, 0.05) is 21.4 Å². The molecule has 0 fully saturated rings. The van der Waals surface area contributed by atoms with E-state index in [4.69, 9.17) is 9.47 Å². The molecule has 27 heavy (non-hydrogen) atoms. The van der Waals surface area contributed by atoms with Gasteiger partial charge in [-0.15, -0.1) is 0 Å². The largest absolute Gasteiger partial charge is 0.465 e. The van der Waals surface area contributed by atoms with Gasteiger partial charge in [-0.1, -0.05) is 6.08 Å². The van der Waals surface area contributed by atoms with Crippen molar-refractivity contribution in [2.75, 3.05) is 25.4 Å². The number of hydrogen-bond donors (Lipinski definition) is 0. The van der Waals surface area contributed by atoms with Gasteiger partial charge in [0.05, 0.1) is 30.4 Å². The first-order valence-electron chi connectivity index (χ1n) is 7.36. The molecule has 0 radical (unpaired) electrons. The van der Waals surface area contributed by atoms with Gasteiger partial charge < -0.3 is 14.4 Å². The summed E-state index contributed by atoms with van der Waals surface area (Å²) in [5.74, 6) is -1.49. The Balaban J connectivity index is 2.79. The van der Waals surface area contributed by atoms with Crippen LogP contribution in [-0.2, 0) is 28.9 Å². The van der Waals surface area contributed by atoms with Gasteiger partial charge in [-0.3, -0.25) is 0 Å². The molecule has 0 bridgehead atoms. The first kappa shape index (κ1) is 21.4. The number of methoxy groups -OCH3 is 2. The predicted octanol–water partition coefficient (Wildman–Crippen LogP) is 3.11. The number of hydrogen-bond acceptors (Lipinski definition) is 7. The van der Waals surface area contributed by atoms with E-state index in [0.29, 0.717) is 14.6 Å². The first-order chi connectivity index (χ1) is 12.6. The highest BCUT2D eigenvalue weighted by Crippen LogP contribution is 2.40. The summed E-state index contributed by atoms with van der Waals surface area (Å²) in [5.41, 5.74) is 0.312. The summed E-state index contributed by atoms with van der Waals surface area (Å²) in [6, 6.07) is 2.82. The van der Waals surface area contributed by atoms with Crippen molar-refractivity contribution < 1.29 is 27.5 Å². The third-order valence-electron chi connectivity index (χ3n) is 3.55. The molecule has 10 heteroatoms. The highest BCUT2D eigenvalue weighted by molar-refractivity contribution is 9.11. The Morgan fingerprint density at radius 3 is 2.04 bits per heavy atom. The fourth-order valence-electron chi connectivity index (χ4n) is 2.32. The summed E-state index contributed by atoms with van der Waals surface area (Å²) in [6.07, 6.45) is 7.25. The summed E-state index contributed by atoms with van der Waals surface area (Å²) < 4.78 is 34.1. The van der Waals surface area contributed by atoms with Crippen LogP contribution in [0.3, 0.4) is 0 Å². The molecular formula is C17H15Br2NO6S. The average molecular weight is 521 g/mol. The third-order valence-corrected chi connectivity index (χ3v) is 5.85. The number of halogens is 2. The Morgan fingerprint density at radius 2 is 1.56 bits per heavy atom. The van der Waals surface area contributed by atoms with E-state index in [-0.39, 0.29) is 16.2 Å². The zero-order valence-electron chi connectivity index (χ0n) is 14.5. The summed E-state index contributed by atoms with van der Waals surface area (Å²) in [7, 11) is -1.06. The maximum absolute atomic E-state index is 12.5. The van der Waals surface area contributed by atoms with Crippen molar-refractivity contribution in [2.45, 2.75) is 4.90 Å². The minimum absolute atomic E-state index is 0.0136. The van der Waals surface area contributed by atoms with Crippen LogP contribution in [0.5, 0.6) is 0 Å². The molecule has 7 nitrogen and oxygen atoms in total. The van der Waals surface area contributed by atoms with E-state index in [2.05, 4.69) is 31.9 Å². The van der Waals surface area contributed by atoms with Crippen LogP contribution in [0.1, 0.15) is 0 Å². The number of benzene rings is 1. The minimum Gasteiger partial charge on any atom is -0.465 e. The van der Waals surface area contributed by atoms with Gasteiger partial charge in [0.15, 0.2) is 9.84 Å². The van der Waals surface area contributed by atoms with Crippen molar-refractivity contribution in [1.29, 1.82) is 0 Å². The maximum Gasteiger partial charge on any atom is 0.355 e. The van der Waals surface area contributed by atoms with E-state index >= 15 is 0 Å². The van der Waals surface area contributed by atoms with Crippen molar-refractivity contribution in [3.63, 3.8) is 0 Å². The first-order valence-corrected chi connectivity index (χ1v) is 10.8. The number of ether oxygens (including phenoxy) is 2. The zero-order chi connectivity index (χ0) is 20.4. The molecule has 1 heterocycles. The van der Waals surface area contributed by atoms with Gasteiger partial charge in [0.2, 0.25) is 0 Å². The van der Waals surface area contributed by atoms with Gasteiger partial charge in [0.25, 0.3) is 0 Å². The maximum atomic E-state index is 12.5. The molecule has 0 amide bonds. The number of rotatable bonds is 4. The van der Waals surface area contributed by atoms with Crippen LogP contribution in [0, 0.1) is 0 Å². The number of sulfone groups is 1. The van der Waals surface area contributed by atoms with Crippen LogP contribution in [0.15, 0.2) is 61.7 Å². The molecule has 0 spiro atoms. The molecular weight excluding hydrogens is 506 g/mol. The van der Waals surface area contributed by atoms with E-state index < -0.39 is 21.8 Å². The van der Waals surface area contributed by atoms with Crippen molar-refractivity contribution in [2.24, 2.45) is 0 Å². The number of nitrogens with zero attached hydrogens (tertiary/aromatic N) is 1. The SMILES string of the molecule is COC(=O)C1=C(C(=O)OC)N(c2c(Br)cc(S(C)(=O)=O)cc2Br)C=CC=C1. The predicted molar refractivity (Wildman–Crippen MR) is 107 cm³/mol. The lowest BCUT2D eigenvalue weighted by molar-refractivity contribution is -0.139. The monoisotopic (exact) mass is 519 g/mol. The summed E-state index contributed by atoms with van der Waals surface area (Å²) in [4.78, 5) is 26.1. The average Bonchev–Trinajstić information content (AvgIpc) is 2.82. The van der Waals surface area contributed by atoms with Crippen LogP contribution < -0.4 is 4.90 Å². The number of allylic oxidation sites excluding steroid dienone is 2. The Hall–Kier alpha value is -1.91. The molecule has 1 aliphatic rings. The molecule has 1 aliphatic heterocycles. The number of carbonyl (C=O) groups excluding carboxylic acids is 2. The highest BCUT2D eigenvalue weighted by Gasteiger charge is 2.30. The second kappa shape index (κ2) is 8.41. The van der Waals surface area contributed by atoms with Crippen molar-refractivity contribution in [3.8, 4) is 0 Å². The minimum atomic E-state index is -3.45. The van der Waals surface area contributed by atoms with E-state index in [9.17, 15) is 18.0 Å². The smallest absolute Gasteiger partial charge is 0.355 e. The summed E-state index contributed by atoms with van der Waals surface area (Å²) >= 11 is 6.69. The number of esters is 2.